The third-order valence-corrected chi connectivity index (χ3v) is 2.97. The average molecular weight is 275 g/mol. The Labute approximate surface area is 101 Å². The van der Waals surface area contributed by atoms with E-state index in [9.17, 15) is 26.7 Å². The molecule has 1 rings (SSSR count). The first-order valence-electron chi connectivity index (χ1n) is 5.48. The highest BCUT2D eigenvalue weighted by atomic mass is 19.4. The number of ether oxygens (including phenoxy) is 1. The van der Waals surface area contributed by atoms with E-state index in [4.69, 9.17) is 0 Å². The van der Waals surface area contributed by atoms with Crippen molar-refractivity contribution in [2.75, 3.05) is 19.7 Å². The number of carbonyl (C=O) groups excluding carboxylic acids is 1. The molecule has 1 fully saturated rings. The molecule has 0 aromatic heterocycles. The van der Waals surface area contributed by atoms with Gasteiger partial charge in [0.15, 0.2) is 0 Å². The predicted octanol–water partition coefficient (Wildman–Crippen LogP) is 1.97. The van der Waals surface area contributed by atoms with E-state index in [1.807, 2.05) is 0 Å². The molecule has 0 aliphatic carbocycles. The third kappa shape index (κ3) is 3.54. The van der Waals surface area contributed by atoms with Crippen molar-refractivity contribution in [3.8, 4) is 0 Å². The minimum Gasteiger partial charge on any atom is -0.459 e. The van der Waals surface area contributed by atoms with Gasteiger partial charge in [0.2, 0.25) is 0 Å². The van der Waals surface area contributed by atoms with Gasteiger partial charge in [0, 0.05) is 24.9 Å². The molecule has 0 amide bonds. The van der Waals surface area contributed by atoms with Gasteiger partial charge in [0.05, 0.1) is 6.61 Å². The van der Waals surface area contributed by atoms with Crippen LogP contribution in [0.15, 0.2) is 0 Å². The molecule has 0 radical (unpaired) electrons. The van der Waals surface area contributed by atoms with Crippen LogP contribution in [0.2, 0.25) is 0 Å². The molecule has 2 atom stereocenters. The van der Waals surface area contributed by atoms with Gasteiger partial charge in [-0.2, -0.15) is 13.2 Å². The molecule has 0 saturated carbocycles. The number of carbonyl (C=O) groups is 1. The number of esters is 1. The molecule has 18 heavy (non-hydrogen) atoms. The molecule has 0 aromatic rings. The van der Waals surface area contributed by atoms with Crippen molar-refractivity contribution in [1.29, 1.82) is 0 Å². The summed E-state index contributed by atoms with van der Waals surface area (Å²) >= 11 is 0. The second kappa shape index (κ2) is 5.38. The quantitative estimate of drug-likeness (QED) is 0.632. The topological polar surface area (TPSA) is 38.3 Å². The minimum atomic E-state index is -5.08. The van der Waals surface area contributed by atoms with Crippen LogP contribution >= 0.6 is 0 Å². The van der Waals surface area contributed by atoms with Crippen LogP contribution in [-0.2, 0) is 9.53 Å². The fraction of sp³-hybridized carbons (Fsp3) is 0.900. The summed E-state index contributed by atoms with van der Waals surface area (Å²) in [5.74, 6) is -7.32. The lowest BCUT2D eigenvalue weighted by Gasteiger charge is -2.36. The van der Waals surface area contributed by atoms with Crippen molar-refractivity contribution in [3.05, 3.63) is 0 Å². The molecule has 0 unspecified atom stereocenters. The number of halogens is 5. The van der Waals surface area contributed by atoms with Crippen molar-refractivity contribution >= 4 is 5.97 Å². The van der Waals surface area contributed by atoms with E-state index in [0.29, 0.717) is 0 Å². The van der Waals surface area contributed by atoms with Crippen LogP contribution in [-0.4, -0.2) is 37.8 Å². The standard InChI is InChI=1S/C10H14F5NO2/c1-6-4-16-5-7(9(6,11)12)2-3-18-8(17)10(13,14)15/h6-7,16H,2-5H2,1H3/t6-,7+/m1/s1. The van der Waals surface area contributed by atoms with Gasteiger partial charge < -0.3 is 10.1 Å². The van der Waals surface area contributed by atoms with E-state index in [0.717, 1.165) is 0 Å². The summed E-state index contributed by atoms with van der Waals surface area (Å²) in [6.45, 7) is 0.862. The molecule has 1 saturated heterocycles. The normalized spacial score (nSPS) is 27.9. The zero-order valence-corrected chi connectivity index (χ0v) is 9.69. The largest absolute Gasteiger partial charge is 0.490 e. The first-order valence-corrected chi connectivity index (χ1v) is 5.48. The van der Waals surface area contributed by atoms with Crippen molar-refractivity contribution in [2.24, 2.45) is 11.8 Å². The molecule has 0 aromatic carbocycles. The molecule has 1 aliphatic heterocycles. The lowest BCUT2D eigenvalue weighted by molar-refractivity contribution is -0.201. The second-order valence-electron chi connectivity index (χ2n) is 4.35. The molecule has 3 nitrogen and oxygen atoms in total. The van der Waals surface area contributed by atoms with Crippen molar-refractivity contribution in [2.45, 2.75) is 25.4 Å². The molecular weight excluding hydrogens is 261 g/mol. The van der Waals surface area contributed by atoms with E-state index >= 15 is 0 Å². The summed E-state index contributed by atoms with van der Waals surface area (Å²) < 4.78 is 66.5. The van der Waals surface area contributed by atoms with Gasteiger partial charge in [-0.3, -0.25) is 0 Å². The summed E-state index contributed by atoms with van der Waals surface area (Å²) in [5, 5.41) is 2.77. The second-order valence-corrected chi connectivity index (χ2v) is 4.35. The maximum atomic E-state index is 13.6. The molecule has 1 aliphatic rings. The molecule has 8 heteroatoms. The van der Waals surface area contributed by atoms with Gasteiger partial charge in [-0.25, -0.2) is 13.6 Å². The first kappa shape index (κ1) is 15.1. The Hall–Kier alpha value is -0.920. The van der Waals surface area contributed by atoms with Crippen LogP contribution in [0.25, 0.3) is 0 Å². The smallest absolute Gasteiger partial charge is 0.459 e. The number of nitrogens with one attached hydrogen (secondary N) is 1. The van der Waals surface area contributed by atoms with Gasteiger partial charge in [-0.05, 0) is 6.42 Å². The molecular formula is C10H14F5NO2. The minimum absolute atomic E-state index is 0.000901. The Kier molecular flexibility index (Phi) is 4.52. The Morgan fingerprint density at radius 1 is 1.39 bits per heavy atom. The van der Waals surface area contributed by atoms with Crippen LogP contribution in [0.1, 0.15) is 13.3 Å². The molecule has 0 spiro atoms. The van der Waals surface area contributed by atoms with Crippen LogP contribution < -0.4 is 5.32 Å². The lowest BCUT2D eigenvalue weighted by atomic mass is 9.85. The van der Waals surface area contributed by atoms with Crippen LogP contribution in [0.3, 0.4) is 0 Å². The fourth-order valence-electron chi connectivity index (χ4n) is 1.82. The number of alkyl halides is 5. The summed E-state index contributed by atoms with van der Waals surface area (Å²) in [4.78, 5) is 10.4. The maximum absolute atomic E-state index is 13.6. The predicted molar refractivity (Wildman–Crippen MR) is 52.1 cm³/mol. The fourth-order valence-corrected chi connectivity index (χ4v) is 1.82. The van der Waals surface area contributed by atoms with E-state index < -0.39 is 36.5 Å². The Bertz CT molecular complexity index is 305. The highest BCUT2D eigenvalue weighted by Gasteiger charge is 2.47. The average Bonchev–Trinajstić information content (AvgIpc) is 2.23. The number of rotatable bonds is 3. The Morgan fingerprint density at radius 2 is 2.00 bits per heavy atom. The zero-order chi connectivity index (χ0) is 14.0. The molecule has 0 bridgehead atoms. The van der Waals surface area contributed by atoms with Gasteiger partial charge in [-0.15, -0.1) is 0 Å². The van der Waals surface area contributed by atoms with Crippen LogP contribution in [0.5, 0.6) is 0 Å². The van der Waals surface area contributed by atoms with E-state index in [1.165, 1.54) is 6.92 Å². The van der Waals surface area contributed by atoms with Crippen molar-refractivity contribution in [3.63, 3.8) is 0 Å². The Morgan fingerprint density at radius 3 is 2.56 bits per heavy atom. The zero-order valence-electron chi connectivity index (χ0n) is 9.69. The molecule has 106 valence electrons. The van der Waals surface area contributed by atoms with Crippen molar-refractivity contribution in [1.82, 2.24) is 5.32 Å². The van der Waals surface area contributed by atoms with E-state index in [2.05, 4.69) is 10.1 Å². The molecule has 1 heterocycles. The number of piperidine rings is 1. The summed E-state index contributed by atoms with van der Waals surface area (Å²) in [6.07, 6.45) is -5.38. The number of hydrogen-bond donors (Lipinski definition) is 1. The summed E-state index contributed by atoms with van der Waals surface area (Å²) in [7, 11) is 0. The molecule has 1 N–H and O–H groups in total. The highest BCUT2D eigenvalue weighted by Crippen LogP contribution is 2.36. The summed E-state index contributed by atoms with van der Waals surface area (Å²) in [5.41, 5.74) is 0. The first-order chi connectivity index (χ1) is 8.15. The van der Waals surface area contributed by atoms with E-state index in [1.54, 1.807) is 0 Å². The maximum Gasteiger partial charge on any atom is 0.490 e. The van der Waals surface area contributed by atoms with E-state index in [-0.39, 0.29) is 19.5 Å². The van der Waals surface area contributed by atoms with Crippen LogP contribution in [0, 0.1) is 11.8 Å². The third-order valence-electron chi connectivity index (χ3n) is 2.97. The monoisotopic (exact) mass is 275 g/mol. The lowest BCUT2D eigenvalue weighted by Crippen LogP contribution is -2.51. The van der Waals surface area contributed by atoms with Gasteiger partial charge >= 0.3 is 12.1 Å². The number of hydrogen-bond acceptors (Lipinski definition) is 3. The van der Waals surface area contributed by atoms with Gasteiger partial charge in [0.25, 0.3) is 5.92 Å². The van der Waals surface area contributed by atoms with Gasteiger partial charge in [-0.1, -0.05) is 6.92 Å². The van der Waals surface area contributed by atoms with Crippen molar-refractivity contribution < 1.29 is 31.5 Å². The SMILES string of the molecule is C[C@@H]1CNC[C@H](CCOC(=O)C(F)(F)F)C1(F)F. The summed E-state index contributed by atoms with van der Waals surface area (Å²) in [6, 6.07) is 0. The van der Waals surface area contributed by atoms with Crippen LogP contribution in [0.4, 0.5) is 22.0 Å². The van der Waals surface area contributed by atoms with Gasteiger partial charge in [0.1, 0.15) is 0 Å². The highest BCUT2D eigenvalue weighted by molar-refractivity contribution is 5.75. The Balaban J connectivity index is 2.42.